The maximum atomic E-state index is 12.9. The molecule has 1 saturated heterocycles. The summed E-state index contributed by atoms with van der Waals surface area (Å²) in [6.07, 6.45) is 9.00. The van der Waals surface area contributed by atoms with Gasteiger partial charge in [0.25, 0.3) is 0 Å². The van der Waals surface area contributed by atoms with Crippen LogP contribution in [-0.4, -0.2) is 44.4 Å². The van der Waals surface area contributed by atoms with Crippen molar-refractivity contribution >= 4 is 11.6 Å². The molecule has 3 aromatic rings. The predicted octanol–water partition coefficient (Wildman–Crippen LogP) is 2.87. The smallest absolute Gasteiger partial charge is 0.223 e. The number of hydrogen-bond acceptors (Lipinski definition) is 4. The normalized spacial score (nSPS) is 16.7. The molecule has 3 aromatic heterocycles. The molecule has 1 atom stereocenters. The number of hydrogen-bond donors (Lipinski definition) is 0. The highest BCUT2D eigenvalue weighted by atomic mass is 16.5. The van der Waals surface area contributed by atoms with Crippen LogP contribution in [0.1, 0.15) is 30.7 Å². The Morgan fingerprint density at radius 3 is 2.93 bits per heavy atom. The maximum Gasteiger partial charge on any atom is 0.223 e. The molecule has 0 radical (unpaired) electrons. The van der Waals surface area contributed by atoms with Crippen molar-refractivity contribution < 1.29 is 9.53 Å². The van der Waals surface area contributed by atoms with Gasteiger partial charge in [0.1, 0.15) is 5.65 Å². The van der Waals surface area contributed by atoms with Crippen molar-refractivity contribution in [1.82, 2.24) is 19.3 Å². The number of aromatic nitrogens is 3. The van der Waals surface area contributed by atoms with Crippen LogP contribution < -0.4 is 0 Å². The molecule has 0 spiro atoms. The summed E-state index contributed by atoms with van der Waals surface area (Å²) < 4.78 is 7.73. The van der Waals surface area contributed by atoms with Crippen LogP contribution in [0.3, 0.4) is 0 Å². The van der Waals surface area contributed by atoms with Crippen molar-refractivity contribution in [3.05, 3.63) is 66.4 Å². The van der Waals surface area contributed by atoms with Gasteiger partial charge >= 0.3 is 0 Å². The second-order valence-electron chi connectivity index (χ2n) is 6.93. The highest BCUT2D eigenvalue weighted by Gasteiger charge is 2.23. The van der Waals surface area contributed by atoms with Gasteiger partial charge in [-0.3, -0.25) is 9.78 Å². The molecule has 0 aromatic carbocycles. The topological polar surface area (TPSA) is 59.7 Å². The quantitative estimate of drug-likeness (QED) is 0.647. The van der Waals surface area contributed by atoms with E-state index >= 15 is 0 Å². The Labute approximate surface area is 158 Å². The lowest BCUT2D eigenvalue weighted by Crippen LogP contribution is -2.37. The van der Waals surface area contributed by atoms with Crippen LogP contribution in [0.25, 0.3) is 5.65 Å². The molecule has 4 heterocycles. The Kier molecular flexibility index (Phi) is 5.44. The number of aryl methyl sites for hydroxylation is 1. The van der Waals surface area contributed by atoms with E-state index in [1.54, 1.807) is 6.20 Å². The fourth-order valence-corrected chi connectivity index (χ4v) is 3.48. The minimum absolute atomic E-state index is 0.119. The van der Waals surface area contributed by atoms with E-state index in [1.165, 1.54) is 0 Å². The first-order chi connectivity index (χ1) is 13.3. The van der Waals surface area contributed by atoms with E-state index in [0.717, 1.165) is 36.5 Å². The van der Waals surface area contributed by atoms with Crippen molar-refractivity contribution in [1.29, 1.82) is 0 Å². The van der Waals surface area contributed by atoms with Gasteiger partial charge in [0, 0.05) is 38.2 Å². The van der Waals surface area contributed by atoms with Crippen LogP contribution in [0.4, 0.5) is 0 Å². The minimum atomic E-state index is 0.119. The second kappa shape index (κ2) is 8.31. The summed E-state index contributed by atoms with van der Waals surface area (Å²) in [6.45, 7) is 1.93. The molecule has 0 aliphatic carbocycles. The minimum Gasteiger partial charge on any atom is -0.376 e. The van der Waals surface area contributed by atoms with Gasteiger partial charge < -0.3 is 14.0 Å². The summed E-state index contributed by atoms with van der Waals surface area (Å²) in [5.74, 6) is 0.119. The maximum absolute atomic E-state index is 12.9. The van der Waals surface area contributed by atoms with E-state index in [0.29, 0.717) is 25.9 Å². The van der Waals surface area contributed by atoms with E-state index in [2.05, 4.69) is 9.97 Å². The largest absolute Gasteiger partial charge is 0.376 e. The Morgan fingerprint density at radius 1 is 1.22 bits per heavy atom. The molecule has 0 saturated carbocycles. The zero-order valence-corrected chi connectivity index (χ0v) is 15.3. The van der Waals surface area contributed by atoms with Crippen LogP contribution >= 0.6 is 0 Å². The van der Waals surface area contributed by atoms with Crippen molar-refractivity contribution in [2.75, 3.05) is 13.2 Å². The van der Waals surface area contributed by atoms with E-state index in [4.69, 9.17) is 4.74 Å². The third-order valence-electron chi connectivity index (χ3n) is 4.89. The van der Waals surface area contributed by atoms with Crippen molar-refractivity contribution in [3.8, 4) is 0 Å². The first-order valence-electron chi connectivity index (χ1n) is 9.50. The van der Waals surface area contributed by atoms with Gasteiger partial charge in [-0.25, -0.2) is 4.98 Å². The molecule has 0 N–H and O–H groups in total. The average molecular weight is 364 g/mol. The van der Waals surface area contributed by atoms with E-state index in [-0.39, 0.29) is 12.0 Å². The molecule has 1 aliphatic rings. The molecule has 0 unspecified atom stereocenters. The van der Waals surface area contributed by atoms with E-state index in [1.807, 2.05) is 58.1 Å². The number of pyridine rings is 2. The lowest BCUT2D eigenvalue weighted by Gasteiger charge is -2.25. The average Bonchev–Trinajstić information content (AvgIpc) is 3.35. The van der Waals surface area contributed by atoms with E-state index in [9.17, 15) is 4.79 Å². The molecular formula is C21H24N4O2. The molecule has 27 heavy (non-hydrogen) atoms. The highest BCUT2D eigenvalue weighted by Crippen LogP contribution is 2.16. The lowest BCUT2D eigenvalue weighted by atomic mass is 10.2. The van der Waals surface area contributed by atoms with Crippen LogP contribution in [0.5, 0.6) is 0 Å². The van der Waals surface area contributed by atoms with Gasteiger partial charge in [0.15, 0.2) is 0 Å². The standard InChI is InChI=1S/C21H24N4O2/c26-21(10-9-18-15-24-12-4-2-8-20(24)23-18)25(16-19-7-5-13-27-19)14-17-6-1-3-11-22-17/h1-4,6,8,11-12,15,19H,5,7,9-10,13-14,16H2/t19-/m1/s1. The van der Waals surface area contributed by atoms with Crippen molar-refractivity contribution in [3.63, 3.8) is 0 Å². The number of rotatable bonds is 7. The molecule has 1 amide bonds. The molecular weight excluding hydrogens is 340 g/mol. The number of amides is 1. The number of ether oxygens (including phenoxy) is 1. The van der Waals surface area contributed by atoms with Crippen LogP contribution in [0.15, 0.2) is 55.0 Å². The summed E-state index contributed by atoms with van der Waals surface area (Å²) >= 11 is 0. The number of carbonyl (C=O) groups excluding carboxylic acids is 1. The van der Waals surface area contributed by atoms with Crippen LogP contribution in [0.2, 0.25) is 0 Å². The van der Waals surface area contributed by atoms with Crippen LogP contribution in [0, 0.1) is 0 Å². The summed E-state index contributed by atoms with van der Waals surface area (Å²) in [5, 5.41) is 0. The first kappa shape index (κ1) is 17.7. The molecule has 140 valence electrons. The Hall–Kier alpha value is -2.73. The summed E-state index contributed by atoms with van der Waals surface area (Å²) in [5.41, 5.74) is 2.74. The first-order valence-corrected chi connectivity index (χ1v) is 9.50. The molecule has 0 bridgehead atoms. The van der Waals surface area contributed by atoms with Gasteiger partial charge in [0.2, 0.25) is 5.91 Å². The predicted molar refractivity (Wildman–Crippen MR) is 102 cm³/mol. The van der Waals surface area contributed by atoms with Crippen molar-refractivity contribution in [2.24, 2.45) is 0 Å². The zero-order chi connectivity index (χ0) is 18.5. The monoisotopic (exact) mass is 364 g/mol. The Balaban J connectivity index is 1.42. The molecule has 4 rings (SSSR count). The van der Waals surface area contributed by atoms with E-state index < -0.39 is 0 Å². The third kappa shape index (κ3) is 4.52. The third-order valence-corrected chi connectivity index (χ3v) is 4.89. The summed E-state index contributed by atoms with van der Waals surface area (Å²) in [7, 11) is 0. The molecule has 1 aliphatic heterocycles. The van der Waals surface area contributed by atoms with Gasteiger partial charge in [-0.05, 0) is 43.5 Å². The number of nitrogens with zero attached hydrogens (tertiary/aromatic N) is 4. The fourth-order valence-electron chi connectivity index (χ4n) is 3.48. The lowest BCUT2D eigenvalue weighted by molar-refractivity contribution is -0.133. The number of imidazole rings is 1. The number of fused-ring (bicyclic) bond motifs is 1. The van der Waals surface area contributed by atoms with Gasteiger partial charge in [-0.1, -0.05) is 12.1 Å². The second-order valence-corrected chi connectivity index (χ2v) is 6.93. The van der Waals surface area contributed by atoms with Crippen LogP contribution in [-0.2, 0) is 22.5 Å². The summed E-state index contributed by atoms with van der Waals surface area (Å²) in [6, 6.07) is 11.7. The molecule has 6 nitrogen and oxygen atoms in total. The zero-order valence-electron chi connectivity index (χ0n) is 15.3. The van der Waals surface area contributed by atoms with Gasteiger partial charge in [-0.15, -0.1) is 0 Å². The van der Waals surface area contributed by atoms with Gasteiger partial charge in [-0.2, -0.15) is 0 Å². The Bertz CT molecular complexity index is 854. The molecule has 1 fully saturated rings. The fraction of sp³-hybridized carbons (Fsp3) is 0.381. The summed E-state index contributed by atoms with van der Waals surface area (Å²) in [4.78, 5) is 23.8. The van der Waals surface area contributed by atoms with Gasteiger partial charge in [0.05, 0.1) is 24.0 Å². The Morgan fingerprint density at radius 2 is 2.15 bits per heavy atom. The SMILES string of the molecule is O=C(CCc1cn2ccccc2n1)N(Cc1ccccn1)C[C@H]1CCCO1. The molecule has 6 heteroatoms. The highest BCUT2D eigenvalue weighted by molar-refractivity contribution is 5.76. The number of carbonyl (C=O) groups is 1. The van der Waals surface area contributed by atoms with Crippen molar-refractivity contribution in [2.45, 2.75) is 38.3 Å².